The molecule has 0 aliphatic carbocycles. The normalized spacial score (nSPS) is 11.8. The van der Waals surface area contributed by atoms with Gasteiger partial charge in [-0.05, 0) is 46.7 Å². The molecule has 4 rings (SSSR count). The molecule has 0 bridgehead atoms. The van der Waals surface area contributed by atoms with E-state index in [9.17, 15) is 27.6 Å². The average molecular weight is 560 g/mol. The van der Waals surface area contributed by atoms with E-state index in [0.29, 0.717) is 5.56 Å². The summed E-state index contributed by atoms with van der Waals surface area (Å²) in [7, 11) is -3.99. The Morgan fingerprint density at radius 1 is 0.775 bits per heavy atom. The molecular formula is C29H25N3O7S. The lowest BCUT2D eigenvalue weighted by molar-refractivity contribution is -0.141. The second-order valence-corrected chi connectivity index (χ2v) is 10.5. The van der Waals surface area contributed by atoms with Gasteiger partial charge >= 0.3 is 5.97 Å². The molecule has 0 aromatic heterocycles. The Labute approximate surface area is 230 Å². The fourth-order valence-electron chi connectivity index (χ4n) is 3.97. The van der Waals surface area contributed by atoms with Crippen molar-refractivity contribution in [2.75, 3.05) is 11.3 Å². The molecule has 11 heteroatoms. The van der Waals surface area contributed by atoms with Gasteiger partial charge < -0.3 is 15.7 Å². The number of carbonyl (C=O) groups is 4. The summed E-state index contributed by atoms with van der Waals surface area (Å²) < 4.78 is 28.5. The van der Waals surface area contributed by atoms with E-state index < -0.39 is 46.2 Å². The Bertz CT molecular complexity index is 1690. The van der Waals surface area contributed by atoms with Crippen LogP contribution in [0.15, 0.2) is 102 Å². The van der Waals surface area contributed by atoms with Gasteiger partial charge in [0.25, 0.3) is 21.8 Å². The van der Waals surface area contributed by atoms with Gasteiger partial charge in [-0.2, -0.15) is 0 Å². The van der Waals surface area contributed by atoms with E-state index in [2.05, 4.69) is 10.0 Å². The predicted molar refractivity (Wildman–Crippen MR) is 148 cm³/mol. The van der Waals surface area contributed by atoms with E-state index in [-0.39, 0.29) is 22.6 Å². The van der Waals surface area contributed by atoms with Gasteiger partial charge in [-0.15, -0.1) is 0 Å². The first-order valence-electron chi connectivity index (χ1n) is 12.1. The molecule has 0 heterocycles. The summed E-state index contributed by atoms with van der Waals surface area (Å²) in [5.74, 6) is -4.23. The topological polar surface area (TPSA) is 159 Å². The van der Waals surface area contributed by atoms with Crippen LogP contribution in [0, 0.1) is 0 Å². The maximum absolute atomic E-state index is 13.1. The number of ketones is 1. The average Bonchev–Trinajstić information content (AvgIpc) is 2.95. The van der Waals surface area contributed by atoms with Crippen LogP contribution in [0.5, 0.6) is 0 Å². The van der Waals surface area contributed by atoms with Crippen molar-refractivity contribution in [3.63, 3.8) is 0 Å². The summed E-state index contributed by atoms with van der Waals surface area (Å²) in [6.45, 7) is -0.754. The number of Topliss-reactive ketones (excluding diaryl/α,β-unsaturated/α-hetero) is 1. The SMILES string of the molecule is O=C(O)CNC(=O)C(=O)C(Cc1ccccc1)NC(=O)c1cccc(NS(=O)(=O)c2ccc3ccccc3c2)c1. The molecule has 4 N–H and O–H groups in total. The molecule has 0 spiro atoms. The number of carboxylic acid groups (broad SMARTS) is 1. The lowest BCUT2D eigenvalue weighted by atomic mass is 10.0. The fourth-order valence-corrected chi connectivity index (χ4v) is 5.06. The van der Waals surface area contributed by atoms with Crippen LogP contribution in [0.3, 0.4) is 0 Å². The molecule has 1 atom stereocenters. The number of fused-ring (bicyclic) bond motifs is 1. The first-order chi connectivity index (χ1) is 19.1. The number of carboxylic acids is 1. The standard InChI is InChI=1S/C29H25N3O7S/c33-26(34)18-30-29(37)27(35)25(15-19-7-2-1-3-8-19)31-28(36)22-11-6-12-23(16-22)32-40(38,39)24-14-13-20-9-4-5-10-21(20)17-24/h1-14,16-17,25,32H,15,18H2,(H,30,37)(H,31,36)(H,33,34). The summed E-state index contributed by atoms with van der Waals surface area (Å²) in [6, 6.07) is 25.1. The number of sulfonamides is 1. The van der Waals surface area contributed by atoms with Gasteiger partial charge in [0, 0.05) is 17.7 Å². The zero-order valence-electron chi connectivity index (χ0n) is 21.0. The quantitative estimate of drug-likeness (QED) is 0.206. The minimum Gasteiger partial charge on any atom is -0.480 e. The summed E-state index contributed by atoms with van der Waals surface area (Å²) >= 11 is 0. The Morgan fingerprint density at radius 3 is 2.20 bits per heavy atom. The number of hydrogen-bond acceptors (Lipinski definition) is 6. The van der Waals surface area contributed by atoms with Gasteiger partial charge in [0.2, 0.25) is 5.78 Å². The third-order valence-electron chi connectivity index (χ3n) is 5.94. The van der Waals surface area contributed by atoms with Crippen molar-refractivity contribution in [2.24, 2.45) is 0 Å². The molecule has 0 radical (unpaired) electrons. The molecule has 204 valence electrons. The second-order valence-electron chi connectivity index (χ2n) is 8.85. The van der Waals surface area contributed by atoms with Gasteiger partial charge in [0.1, 0.15) is 12.6 Å². The number of hydrogen-bond donors (Lipinski definition) is 4. The third-order valence-corrected chi connectivity index (χ3v) is 7.32. The maximum Gasteiger partial charge on any atom is 0.322 e. The van der Waals surface area contributed by atoms with Crippen LogP contribution in [0.4, 0.5) is 5.69 Å². The van der Waals surface area contributed by atoms with Gasteiger partial charge in [-0.25, -0.2) is 8.42 Å². The highest BCUT2D eigenvalue weighted by atomic mass is 32.2. The molecule has 40 heavy (non-hydrogen) atoms. The van der Waals surface area contributed by atoms with Gasteiger partial charge in [0.05, 0.1) is 4.90 Å². The fraction of sp³-hybridized carbons (Fsp3) is 0.103. The predicted octanol–water partition coefficient (Wildman–Crippen LogP) is 2.75. The summed E-state index contributed by atoms with van der Waals surface area (Å²) in [5.41, 5.74) is 0.811. The Balaban J connectivity index is 1.53. The van der Waals surface area contributed by atoms with Crippen LogP contribution < -0.4 is 15.4 Å². The Kier molecular flexibility index (Phi) is 8.55. The Hall–Kier alpha value is -5.03. The van der Waals surface area contributed by atoms with Gasteiger partial charge in [-0.3, -0.25) is 23.9 Å². The molecule has 4 aromatic rings. The first kappa shape index (κ1) is 28.0. The van der Waals surface area contributed by atoms with E-state index in [1.807, 2.05) is 17.4 Å². The molecule has 0 saturated carbocycles. The molecule has 10 nitrogen and oxygen atoms in total. The minimum atomic E-state index is -3.99. The number of anilines is 1. The number of carbonyl (C=O) groups excluding carboxylic acids is 3. The third kappa shape index (κ3) is 7.08. The molecule has 4 aromatic carbocycles. The van der Waals surface area contributed by atoms with Crippen LogP contribution in [-0.2, 0) is 30.8 Å². The number of aliphatic carboxylic acids is 1. The molecule has 0 fully saturated rings. The van der Waals surface area contributed by atoms with Crippen molar-refractivity contribution in [3.05, 3.63) is 108 Å². The van der Waals surface area contributed by atoms with Crippen LogP contribution >= 0.6 is 0 Å². The second kappa shape index (κ2) is 12.2. The molecular weight excluding hydrogens is 534 g/mol. The summed E-state index contributed by atoms with van der Waals surface area (Å²) in [4.78, 5) is 49.0. The van der Waals surface area contributed by atoms with E-state index in [0.717, 1.165) is 10.8 Å². The van der Waals surface area contributed by atoms with Crippen LogP contribution in [-0.4, -0.2) is 49.7 Å². The van der Waals surface area contributed by atoms with E-state index in [1.54, 1.807) is 54.6 Å². The minimum absolute atomic E-state index is 0.0276. The van der Waals surface area contributed by atoms with Crippen molar-refractivity contribution >= 4 is 50.1 Å². The molecule has 2 amide bonds. The highest BCUT2D eigenvalue weighted by Gasteiger charge is 2.28. The molecule has 1 unspecified atom stereocenters. The van der Waals surface area contributed by atoms with E-state index in [1.165, 1.54) is 30.3 Å². The van der Waals surface area contributed by atoms with Crippen molar-refractivity contribution in [1.29, 1.82) is 0 Å². The van der Waals surface area contributed by atoms with E-state index >= 15 is 0 Å². The molecule has 0 saturated heterocycles. The highest BCUT2D eigenvalue weighted by molar-refractivity contribution is 7.92. The lowest BCUT2D eigenvalue weighted by Crippen LogP contribution is -2.49. The first-order valence-corrected chi connectivity index (χ1v) is 13.6. The highest BCUT2D eigenvalue weighted by Crippen LogP contribution is 2.22. The molecule has 0 aliphatic heterocycles. The largest absolute Gasteiger partial charge is 0.480 e. The summed E-state index contributed by atoms with van der Waals surface area (Å²) in [5, 5.41) is 15.0. The van der Waals surface area contributed by atoms with E-state index in [4.69, 9.17) is 5.11 Å². The lowest BCUT2D eigenvalue weighted by Gasteiger charge is -2.18. The number of amides is 2. The Morgan fingerprint density at radius 2 is 1.48 bits per heavy atom. The smallest absolute Gasteiger partial charge is 0.322 e. The van der Waals surface area contributed by atoms with Crippen LogP contribution in [0.2, 0.25) is 0 Å². The molecule has 0 aliphatic rings. The zero-order valence-corrected chi connectivity index (χ0v) is 21.9. The maximum atomic E-state index is 13.1. The van der Waals surface area contributed by atoms with Crippen molar-refractivity contribution in [2.45, 2.75) is 17.4 Å². The number of nitrogens with one attached hydrogen (secondary N) is 3. The van der Waals surface area contributed by atoms with Gasteiger partial charge in [-0.1, -0.05) is 66.7 Å². The zero-order chi connectivity index (χ0) is 28.7. The number of benzene rings is 4. The van der Waals surface area contributed by atoms with Gasteiger partial charge in [0.15, 0.2) is 0 Å². The van der Waals surface area contributed by atoms with Crippen LogP contribution in [0.25, 0.3) is 10.8 Å². The monoisotopic (exact) mass is 559 g/mol. The van der Waals surface area contributed by atoms with Crippen molar-refractivity contribution in [3.8, 4) is 0 Å². The number of rotatable bonds is 11. The van der Waals surface area contributed by atoms with Crippen molar-refractivity contribution < 1.29 is 32.7 Å². The van der Waals surface area contributed by atoms with Crippen LogP contribution in [0.1, 0.15) is 15.9 Å². The summed E-state index contributed by atoms with van der Waals surface area (Å²) in [6.07, 6.45) is -0.0276. The van der Waals surface area contributed by atoms with Crippen molar-refractivity contribution in [1.82, 2.24) is 10.6 Å².